The molecule has 0 radical (unpaired) electrons. The lowest BCUT2D eigenvalue weighted by Crippen LogP contribution is -2.03. The van der Waals surface area contributed by atoms with Crippen molar-refractivity contribution >= 4 is 23.2 Å². The Morgan fingerprint density at radius 2 is 1.11 bits per heavy atom. The fourth-order valence-corrected chi connectivity index (χ4v) is 1.81. The van der Waals surface area contributed by atoms with Gasteiger partial charge >= 0.3 is 0 Å². The van der Waals surface area contributed by atoms with Crippen molar-refractivity contribution in [3.63, 3.8) is 0 Å². The monoisotopic (exact) mass is 312 g/mol. The van der Waals surface area contributed by atoms with E-state index >= 15 is 0 Å². The molecule has 2 aromatic rings. The first-order valence-electron chi connectivity index (χ1n) is 4.81. The maximum atomic E-state index is 13.5. The summed E-state index contributed by atoms with van der Waals surface area (Å²) in [7, 11) is 0. The molecule has 2 aromatic carbocycles. The molecule has 0 N–H and O–H groups in total. The first-order valence-corrected chi connectivity index (χ1v) is 5.57. The van der Waals surface area contributed by atoms with Crippen LogP contribution < -0.4 is 0 Å². The van der Waals surface area contributed by atoms with E-state index in [1.165, 1.54) is 6.07 Å². The van der Waals surface area contributed by atoms with E-state index in [-0.39, 0.29) is 15.6 Å². The van der Waals surface area contributed by atoms with E-state index in [1.54, 1.807) is 0 Å². The lowest BCUT2D eigenvalue weighted by Gasteiger charge is -2.09. The average molecular weight is 313 g/mol. The van der Waals surface area contributed by atoms with E-state index in [9.17, 15) is 22.0 Å². The van der Waals surface area contributed by atoms with E-state index in [2.05, 4.69) is 0 Å². The molecule has 0 heterocycles. The van der Waals surface area contributed by atoms with Crippen LogP contribution in [0, 0.1) is 29.1 Å². The Balaban J connectivity index is 2.79. The fourth-order valence-electron chi connectivity index (χ4n) is 1.51. The summed E-state index contributed by atoms with van der Waals surface area (Å²) in [5, 5.41) is 0.0254. The van der Waals surface area contributed by atoms with Crippen LogP contribution in [0.25, 0.3) is 11.1 Å². The maximum Gasteiger partial charge on any atom is 0.200 e. The van der Waals surface area contributed by atoms with Gasteiger partial charge in [-0.15, -0.1) is 0 Å². The second-order valence-electron chi connectivity index (χ2n) is 3.57. The normalized spacial score (nSPS) is 10.9. The van der Waals surface area contributed by atoms with Gasteiger partial charge in [0.2, 0.25) is 5.82 Å². The molecule has 0 aliphatic heterocycles. The van der Waals surface area contributed by atoms with Crippen LogP contribution in [-0.2, 0) is 0 Å². The molecule has 0 aliphatic rings. The molecule has 0 amide bonds. The fraction of sp³-hybridized carbons (Fsp3) is 0. The van der Waals surface area contributed by atoms with Gasteiger partial charge in [0.05, 0.1) is 15.6 Å². The van der Waals surface area contributed by atoms with Crippen molar-refractivity contribution in [2.75, 3.05) is 0 Å². The smallest absolute Gasteiger partial charge is 0.200 e. The molecule has 7 heteroatoms. The molecule has 19 heavy (non-hydrogen) atoms. The highest BCUT2D eigenvalue weighted by Gasteiger charge is 2.26. The van der Waals surface area contributed by atoms with Gasteiger partial charge in [0.1, 0.15) is 0 Å². The van der Waals surface area contributed by atoms with Crippen molar-refractivity contribution in [2.45, 2.75) is 0 Å². The second kappa shape index (κ2) is 4.98. The molecule has 0 atom stereocenters. The van der Waals surface area contributed by atoms with Crippen molar-refractivity contribution < 1.29 is 22.0 Å². The molecule has 0 spiro atoms. The summed E-state index contributed by atoms with van der Waals surface area (Å²) < 4.78 is 66.0. The molecule has 0 unspecified atom stereocenters. The summed E-state index contributed by atoms with van der Waals surface area (Å²) in [4.78, 5) is 0. The number of benzene rings is 2. The van der Waals surface area contributed by atoms with Gasteiger partial charge in [-0.1, -0.05) is 29.3 Å². The summed E-state index contributed by atoms with van der Waals surface area (Å²) in [6, 6.07) is 3.31. The maximum absolute atomic E-state index is 13.5. The largest absolute Gasteiger partial charge is 0.203 e. The van der Waals surface area contributed by atoms with Gasteiger partial charge in [0, 0.05) is 0 Å². The second-order valence-corrected chi connectivity index (χ2v) is 4.39. The molecule has 0 bridgehead atoms. The van der Waals surface area contributed by atoms with Crippen molar-refractivity contribution in [2.24, 2.45) is 0 Å². The van der Waals surface area contributed by atoms with E-state index in [4.69, 9.17) is 23.2 Å². The summed E-state index contributed by atoms with van der Waals surface area (Å²) >= 11 is 11.2. The summed E-state index contributed by atoms with van der Waals surface area (Å²) in [6.45, 7) is 0. The van der Waals surface area contributed by atoms with Gasteiger partial charge in [-0.3, -0.25) is 0 Å². The van der Waals surface area contributed by atoms with E-state index < -0.39 is 34.6 Å². The SMILES string of the molecule is Fc1c(F)c(F)c(-c2ccc(Cl)c(Cl)c2)c(F)c1F. The van der Waals surface area contributed by atoms with Crippen LogP contribution in [0.2, 0.25) is 10.0 Å². The minimum Gasteiger partial charge on any atom is -0.203 e. The Bertz CT molecular complexity index is 641. The number of halogens is 7. The quantitative estimate of drug-likeness (QED) is 0.378. The van der Waals surface area contributed by atoms with Gasteiger partial charge in [-0.2, -0.15) is 0 Å². The van der Waals surface area contributed by atoms with E-state index in [0.29, 0.717) is 0 Å². The highest BCUT2D eigenvalue weighted by atomic mass is 35.5. The Kier molecular flexibility index (Phi) is 3.69. The lowest BCUT2D eigenvalue weighted by atomic mass is 10.0. The van der Waals surface area contributed by atoms with Gasteiger partial charge < -0.3 is 0 Å². The van der Waals surface area contributed by atoms with Gasteiger partial charge in [0.25, 0.3) is 0 Å². The molecule has 0 aromatic heterocycles. The van der Waals surface area contributed by atoms with Crippen LogP contribution >= 0.6 is 23.2 Å². The van der Waals surface area contributed by atoms with Gasteiger partial charge in [-0.25, -0.2) is 22.0 Å². The molecule has 0 aliphatic carbocycles. The Labute approximate surface area is 114 Å². The predicted octanol–water partition coefficient (Wildman–Crippen LogP) is 5.36. The first kappa shape index (κ1) is 14.1. The number of hydrogen-bond donors (Lipinski definition) is 0. The third-order valence-corrected chi connectivity index (χ3v) is 3.16. The third kappa shape index (κ3) is 2.28. The molecule has 0 saturated heterocycles. The lowest BCUT2D eigenvalue weighted by molar-refractivity contribution is 0.381. The van der Waals surface area contributed by atoms with Crippen LogP contribution in [0.5, 0.6) is 0 Å². The Morgan fingerprint density at radius 1 is 0.632 bits per heavy atom. The molecule has 2 rings (SSSR count). The Morgan fingerprint density at radius 3 is 1.58 bits per heavy atom. The van der Waals surface area contributed by atoms with Crippen LogP contribution in [0.3, 0.4) is 0 Å². The summed E-state index contributed by atoms with van der Waals surface area (Å²) in [6.07, 6.45) is 0. The van der Waals surface area contributed by atoms with Crippen molar-refractivity contribution in [1.29, 1.82) is 0 Å². The molecule has 0 fully saturated rings. The predicted molar refractivity (Wildman–Crippen MR) is 61.7 cm³/mol. The highest BCUT2D eigenvalue weighted by Crippen LogP contribution is 2.34. The molecular formula is C12H3Cl2F5. The summed E-state index contributed by atoms with van der Waals surface area (Å²) in [5.74, 6) is -10.1. The highest BCUT2D eigenvalue weighted by molar-refractivity contribution is 6.42. The zero-order chi connectivity index (χ0) is 14.3. The topological polar surface area (TPSA) is 0 Å². The van der Waals surface area contributed by atoms with Crippen molar-refractivity contribution in [3.8, 4) is 11.1 Å². The molecule has 0 nitrogen and oxygen atoms in total. The van der Waals surface area contributed by atoms with Crippen LogP contribution in [0.1, 0.15) is 0 Å². The zero-order valence-electron chi connectivity index (χ0n) is 8.88. The number of rotatable bonds is 1. The van der Waals surface area contributed by atoms with Crippen LogP contribution in [0.4, 0.5) is 22.0 Å². The molecule has 0 saturated carbocycles. The molecule has 100 valence electrons. The summed E-state index contributed by atoms with van der Waals surface area (Å²) in [5.41, 5.74) is -1.31. The average Bonchev–Trinajstić information content (AvgIpc) is 2.38. The van der Waals surface area contributed by atoms with Crippen molar-refractivity contribution in [1.82, 2.24) is 0 Å². The molecular weight excluding hydrogens is 310 g/mol. The third-order valence-electron chi connectivity index (χ3n) is 2.42. The number of hydrogen-bond acceptors (Lipinski definition) is 0. The van der Waals surface area contributed by atoms with E-state index in [0.717, 1.165) is 12.1 Å². The minimum atomic E-state index is -2.21. The Hall–Kier alpha value is -1.33. The van der Waals surface area contributed by atoms with Crippen LogP contribution in [-0.4, -0.2) is 0 Å². The van der Waals surface area contributed by atoms with E-state index in [1.807, 2.05) is 0 Å². The standard InChI is InChI=1S/C12H3Cl2F5/c13-5-2-1-4(3-6(5)14)7-8(15)10(17)12(19)11(18)9(7)16/h1-3H. The van der Waals surface area contributed by atoms with Crippen LogP contribution in [0.15, 0.2) is 18.2 Å². The first-order chi connectivity index (χ1) is 8.84. The zero-order valence-corrected chi connectivity index (χ0v) is 10.4. The van der Waals surface area contributed by atoms with Gasteiger partial charge in [0.15, 0.2) is 23.3 Å². The van der Waals surface area contributed by atoms with Crippen molar-refractivity contribution in [3.05, 3.63) is 57.3 Å². The minimum absolute atomic E-state index is 0.0666. The van der Waals surface area contributed by atoms with Gasteiger partial charge in [-0.05, 0) is 17.7 Å².